The molecule has 0 spiro atoms. The van der Waals surface area contributed by atoms with Crippen molar-refractivity contribution in [3.8, 4) is 5.75 Å². The van der Waals surface area contributed by atoms with E-state index in [-0.39, 0.29) is 0 Å². The summed E-state index contributed by atoms with van der Waals surface area (Å²) >= 11 is 5.57. The summed E-state index contributed by atoms with van der Waals surface area (Å²) in [5.41, 5.74) is 5.17. The number of ether oxygens (including phenoxy) is 1. The number of benzene rings is 2. The van der Waals surface area contributed by atoms with Crippen LogP contribution in [0.3, 0.4) is 0 Å². The standard InChI is InChI=1S/C24H26N6OS/c1-16-14-17(2)26-22(25-16)28-23(30-13-12-18-8-4-5-9-19(18)15-30)29-24(32)27-20-10-6-7-11-21(20)31-3/h4-11,14H,12-13,15H2,1-3H3,(H2,25,26,27,28,29,32). The van der Waals surface area contributed by atoms with Gasteiger partial charge < -0.3 is 15.0 Å². The summed E-state index contributed by atoms with van der Waals surface area (Å²) in [6, 6.07) is 18.0. The van der Waals surface area contributed by atoms with Crippen LogP contribution >= 0.6 is 12.2 Å². The number of hydrogen-bond acceptors (Lipinski definition) is 4. The molecule has 32 heavy (non-hydrogen) atoms. The summed E-state index contributed by atoms with van der Waals surface area (Å²) < 4.78 is 5.41. The van der Waals surface area contributed by atoms with Gasteiger partial charge in [-0.2, -0.15) is 4.99 Å². The Kier molecular flexibility index (Phi) is 6.61. The van der Waals surface area contributed by atoms with Crippen LogP contribution in [-0.2, 0) is 13.0 Å². The first kappa shape index (κ1) is 21.7. The molecule has 2 N–H and O–H groups in total. The number of para-hydroxylation sites is 2. The topological polar surface area (TPSA) is 74.7 Å². The van der Waals surface area contributed by atoms with Crippen molar-refractivity contribution in [3.63, 3.8) is 0 Å². The van der Waals surface area contributed by atoms with E-state index < -0.39 is 0 Å². The molecule has 3 aromatic rings. The van der Waals surface area contributed by atoms with Crippen molar-refractivity contribution in [2.24, 2.45) is 4.99 Å². The Morgan fingerprint density at radius 1 is 1.00 bits per heavy atom. The number of aromatic nitrogens is 2. The second-order valence-corrected chi connectivity index (χ2v) is 7.99. The monoisotopic (exact) mass is 446 g/mol. The summed E-state index contributed by atoms with van der Waals surface area (Å²) in [6.07, 6.45) is 0.928. The number of guanidine groups is 1. The Bertz CT molecular complexity index is 1140. The summed E-state index contributed by atoms with van der Waals surface area (Å²) in [6.45, 7) is 5.43. The van der Waals surface area contributed by atoms with E-state index in [4.69, 9.17) is 21.9 Å². The molecule has 0 bridgehead atoms. The first-order chi connectivity index (χ1) is 15.5. The highest BCUT2D eigenvalue weighted by Gasteiger charge is 2.21. The first-order valence-electron chi connectivity index (χ1n) is 10.5. The number of nitrogens with one attached hydrogen (secondary N) is 2. The number of fused-ring (bicyclic) bond motifs is 1. The number of anilines is 2. The molecular weight excluding hydrogens is 420 g/mol. The lowest BCUT2D eigenvalue weighted by molar-refractivity contribution is 0.393. The summed E-state index contributed by atoms with van der Waals surface area (Å²) in [4.78, 5) is 15.9. The van der Waals surface area contributed by atoms with E-state index in [0.29, 0.717) is 22.8 Å². The molecule has 0 aliphatic carbocycles. The quantitative estimate of drug-likeness (QED) is 0.352. The van der Waals surface area contributed by atoms with Crippen molar-refractivity contribution in [3.05, 3.63) is 77.1 Å². The molecule has 164 valence electrons. The molecule has 4 rings (SSSR count). The van der Waals surface area contributed by atoms with Gasteiger partial charge >= 0.3 is 0 Å². The zero-order chi connectivity index (χ0) is 22.5. The van der Waals surface area contributed by atoms with Crippen LogP contribution in [0, 0.1) is 13.8 Å². The number of rotatable bonds is 3. The number of aliphatic imine (C=N–C) groups is 1. The fourth-order valence-corrected chi connectivity index (χ4v) is 3.92. The Morgan fingerprint density at radius 2 is 1.69 bits per heavy atom. The third kappa shape index (κ3) is 5.20. The summed E-state index contributed by atoms with van der Waals surface area (Å²) in [5.74, 6) is 1.81. The number of nitrogens with zero attached hydrogens (tertiary/aromatic N) is 4. The lowest BCUT2D eigenvalue weighted by Gasteiger charge is -2.31. The van der Waals surface area contributed by atoms with Gasteiger partial charge in [-0.1, -0.05) is 36.4 Å². The van der Waals surface area contributed by atoms with Crippen molar-refractivity contribution >= 4 is 34.9 Å². The van der Waals surface area contributed by atoms with Gasteiger partial charge in [0.2, 0.25) is 17.0 Å². The average Bonchev–Trinajstić information content (AvgIpc) is 2.78. The number of methoxy groups -OCH3 is 1. The van der Waals surface area contributed by atoms with E-state index >= 15 is 0 Å². The maximum atomic E-state index is 5.57. The predicted octanol–water partition coefficient (Wildman–Crippen LogP) is 4.33. The van der Waals surface area contributed by atoms with Gasteiger partial charge in [0.1, 0.15) is 5.75 Å². The van der Waals surface area contributed by atoms with Gasteiger partial charge in [0.15, 0.2) is 0 Å². The van der Waals surface area contributed by atoms with E-state index in [1.165, 1.54) is 11.1 Å². The minimum atomic E-state index is 0.320. The third-order valence-corrected chi connectivity index (χ3v) is 5.39. The molecule has 1 aromatic heterocycles. The fourth-order valence-electron chi connectivity index (χ4n) is 3.72. The second kappa shape index (κ2) is 9.74. The molecule has 0 saturated carbocycles. The lowest BCUT2D eigenvalue weighted by Crippen LogP contribution is -2.41. The minimum Gasteiger partial charge on any atom is -0.495 e. The largest absolute Gasteiger partial charge is 0.495 e. The van der Waals surface area contributed by atoms with Gasteiger partial charge in [-0.05, 0) is 61.8 Å². The third-order valence-electron chi connectivity index (χ3n) is 5.19. The molecule has 0 fully saturated rings. The van der Waals surface area contributed by atoms with Crippen LogP contribution in [0.2, 0.25) is 0 Å². The zero-order valence-corrected chi connectivity index (χ0v) is 19.2. The van der Waals surface area contributed by atoms with E-state index in [1.807, 2.05) is 44.2 Å². The molecule has 0 atom stereocenters. The maximum absolute atomic E-state index is 5.57. The fraction of sp³-hybridized carbons (Fsp3) is 0.250. The van der Waals surface area contributed by atoms with Crippen LogP contribution in [-0.4, -0.2) is 39.6 Å². The Balaban J connectivity index is 1.63. The van der Waals surface area contributed by atoms with Crippen LogP contribution in [0.4, 0.5) is 11.6 Å². The highest BCUT2D eigenvalue weighted by molar-refractivity contribution is 7.80. The molecule has 0 unspecified atom stereocenters. The maximum Gasteiger partial charge on any atom is 0.229 e. The van der Waals surface area contributed by atoms with Crippen molar-refractivity contribution in [1.82, 2.24) is 14.9 Å². The van der Waals surface area contributed by atoms with Crippen molar-refractivity contribution < 1.29 is 4.74 Å². The molecular formula is C24H26N6OS. The average molecular weight is 447 g/mol. The van der Waals surface area contributed by atoms with Crippen molar-refractivity contribution in [2.75, 3.05) is 24.3 Å². The predicted molar refractivity (Wildman–Crippen MR) is 132 cm³/mol. The molecule has 7 nitrogen and oxygen atoms in total. The van der Waals surface area contributed by atoms with Gasteiger partial charge in [-0.3, -0.25) is 5.32 Å². The van der Waals surface area contributed by atoms with Gasteiger partial charge in [-0.15, -0.1) is 0 Å². The van der Waals surface area contributed by atoms with E-state index in [9.17, 15) is 0 Å². The number of aryl methyl sites for hydroxylation is 2. The van der Waals surface area contributed by atoms with E-state index in [0.717, 1.165) is 36.6 Å². The molecule has 1 aliphatic heterocycles. The summed E-state index contributed by atoms with van der Waals surface area (Å²) in [7, 11) is 1.63. The van der Waals surface area contributed by atoms with Crippen LogP contribution in [0.15, 0.2) is 59.6 Å². The number of thiocarbonyl (C=S) groups is 1. The van der Waals surface area contributed by atoms with Crippen LogP contribution < -0.4 is 15.4 Å². The Morgan fingerprint density at radius 3 is 2.44 bits per heavy atom. The molecule has 2 aromatic carbocycles. The Labute approximate surface area is 193 Å². The summed E-state index contributed by atoms with van der Waals surface area (Å²) in [5, 5.41) is 6.79. The minimum absolute atomic E-state index is 0.320. The van der Waals surface area contributed by atoms with Crippen LogP contribution in [0.1, 0.15) is 22.5 Å². The smallest absolute Gasteiger partial charge is 0.229 e. The highest BCUT2D eigenvalue weighted by atomic mass is 32.1. The SMILES string of the molecule is COc1ccccc1NC(=S)/N=C(/Nc1nc(C)cc(C)n1)N1CCc2ccccc2C1. The normalized spacial score (nSPS) is 13.3. The molecule has 2 heterocycles. The van der Waals surface area contributed by atoms with Gasteiger partial charge in [0.25, 0.3) is 0 Å². The molecule has 8 heteroatoms. The van der Waals surface area contributed by atoms with Crippen LogP contribution in [0.25, 0.3) is 0 Å². The molecule has 1 aliphatic rings. The Hall–Kier alpha value is -3.52. The number of hydrogen-bond donors (Lipinski definition) is 2. The van der Waals surface area contributed by atoms with Gasteiger partial charge in [-0.25, -0.2) is 9.97 Å². The molecule has 0 saturated heterocycles. The van der Waals surface area contributed by atoms with E-state index in [2.05, 4.69) is 49.8 Å². The van der Waals surface area contributed by atoms with Gasteiger partial charge in [0, 0.05) is 24.5 Å². The van der Waals surface area contributed by atoms with Crippen molar-refractivity contribution in [1.29, 1.82) is 0 Å². The zero-order valence-electron chi connectivity index (χ0n) is 18.4. The molecule has 0 amide bonds. The van der Waals surface area contributed by atoms with Gasteiger partial charge in [0.05, 0.1) is 12.8 Å². The second-order valence-electron chi connectivity index (χ2n) is 7.61. The van der Waals surface area contributed by atoms with E-state index in [1.54, 1.807) is 7.11 Å². The first-order valence-corrected chi connectivity index (χ1v) is 10.9. The van der Waals surface area contributed by atoms with Crippen molar-refractivity contribution in [2.45, 2.75) is 26.8 Å². The lowest BCUT2D eigenvalue weighted by atomic mass is 10.0. The van der Waals surface area contributed by atoms with Crippen LogP contribution in [0.5, 0.6) is 5.75 Å². The molecule has 0 radical (unpaired) electrons. The highest BCUT2D eigenvalue weighted by Crippen LogP contribution is 2.24.